The Morgan fingerprint density at radius 3 is 2.65 bits per heavy atom. The first kappa shape index (κ1) is 22.9. The minimum absolute atomic E-state index is 0.0723. The lowest BCUT2D eigenvalue weighted by molar-refractivity contribution is -0.141. The van der Waals surface area contributed by atoms with Gasteiger partial charge in [-0.25, -0.2) is 9.78 Å². The molecular formula is C20H18F3N3O3S2. The number of amides is 1. The first-order chi connectivity index (χ1) is 14.8. The molecule has 0 aliphatic heterocycles. The van der Waals surface area contributed by atoms with Crippen molar-refractivity contribution in [2.75, 3.05) is 17.7 Å². The minimum atomic E-state index is -4.45. The lowest BCUT2D eigenvalue weighted by Crippen LogP contribution is -2.20. The smallest absolute Gasteiger partial charge is 0.406 e. The van der Waals surface area contributed by atoms with E-state index in [1.54, 1.807) is 42.6 Å². The predicted molar refractivity (Wildman–Crippen MR) is 113 cm³/mol. The molecule has 0 saturated carbocycles. The summed E-state index contributed by atoms with van der Waals surface area (Å²) in [5, 5.41) is 4.64. The van der Waals surface area contributed by atoms with Crippen LogP contribution in [0.3, 0.4) is 0 Å². The van der Waals surface area contributed by atoms with Gasteiger partial charge in [0.15, 0.2) is 5.16 Å². The van der Waals surface area contributed by atoms with Crippen LogP contribution in [0.4, 0.5) is 18.2 Å². The number of rotatable bonds is 8. The number of alkyl halides is 3. The Bertz CT molecular complexity index is 1050. The van der Waals surface area contributed by atoms with Gasteiger partial charge in [-0.15, -0.1) is 11.3 Å². The van der Waals surface area contributed by atoms with Crippen molar-refractivity contribution in [2.45, 2.75) is 24.8 Å². The predicted octanol–water partition coefficient (Wildman–Crippen LogP) is 5.08. The standard InChI is InChI=1S/C20H18F3N3O3S2/c1-2-29-18(28)14-8-9-30-17(14)25-16(27)11-31-19-24-10-15(13-6-4-3-5-7-13)26(19)12-20(21,22)23/h3-10H,2,11-12H2,1H3,(H,25,27). The summed E-state index contributed by atoms with van der Waals surface area (Å²) in [5.41, 5.74) is 1.13. The van der Waals surface area contributed by atoms with Crippen molar-refractivity contribution in [1.82, 2.24) is 9.55 Å². The fourth-order valence-electron chi connectivity index (χ4n) is 2.71. The maximum atomic E-state index is 13.1. The molecule has 6 nitrogen and oxygen atoms in total. The second-order valence-corrected chi connectivity index (χ2v) is 8.07. The number of carbonyl (C=O) groups excluding carboxylic acids is 2. The summed E-state index contributed by atoms with van der Waals surface area (Å²) in [7, 11) is 0. The molecule has 0 saturated heterocycles. The number of aromatic nitrogens is 2. The number of halogens is 3. The average Bonchev–Trinajstić information content (AvgIpc) is 3.33. The molecule has 31 heavy (non-hydrogen) atoms. The van der Waals surface area contributed by atoms with Crippen LogP contribution in [0.5, 0.6) is 0 Å². The highest BCUT2D eigenvalue weighted by atomic mass is 32.2. The van der Waals surface area contributed by atoms with E-state index in [4.69, 9.17) is 4.74 Å². The number of anilines is 1. The van der Waals surface area contributed by atoms with Crippen LogP contribution in [-0.4, -0.2) is 40.0 Å². The number of thioether (sulfide) groups is 1. The molecule has 0 aliphatic carbocycles. The molecule has 1 amide bonds. The minimum Gasteiger partial charge on any atom is -0.462 e. The molecule has 2 aromatic heterocycles. The van der Waals surface area contributed by atoms with Crippen LogP contribution < -0.4 is 5.32 Å². The fraction of sp³-hybridized carbons (Fsp3) is 0.250. The third kappa shape index (κ3) is 6.11. The largest absolute Gasteiger partial charge is 0.462 e. The number of ether oxygens (including phenoxy) is 1. The molecule has 1 N–H and O–H groups in total. The second kappa shape index (κ2) is 10.0. The Morgan fingerprint density at radius 1 is 1.23 bits per heavy atom. The zero-order valence-corrected chi connectivity index (χ0v) is 17.9. The Labute approximate surface area is 184 Å². The highest BCUT2D eigenvalue weighted by Gasteiger charge is 2.31. The van der Waals surface area contributed by atoms with Crippen molar-refractivity contribution < 1.29 is 27.5 Å². The number of benzene rings is 1. The molecule has 11 heteroatoms. The quantitative estimate of drug-likeness (QED) is 0.368. The molecule has 0 aliphatic rings. The summed E-state index contributed by atoms with van der Waals surface area (Å²) in [6, 6.07) is 10.1. The molecule has 1 aromatic carbocycles. The summed E-state index contributed by atoms with van der Waals surface area (Å²) < 4.78 is 45.4. The van der Waals surface area contributed by atoms with Crippen molar-refractivity contribution >= 4 is 40.0 Å². The van der Waals surface area contributed by atoms with Crippen molar-refractivity contribution in [2.24, 2.45) is 0 Å². The molecule has 0 bridgehead atoms. The van der Waals surface area contributed by atoms with E-state index in [1.807, 2.05) is 0 Å². The van der Waals surface area contributed by atoms with Gasteiger partial charge in [-0.1, -0.05) is 42.1 Å². The van der Waals surface area contributed by atoms with Crippen LogP contribution in [0.15, 0.2) is 53.1 Å². The first-order valence-corrected chi connectivity index (χ1v) is 11.0. The molecule has 0 spiro atoms. The number of nitrogens with zero attached hydrogens (tertiary/aromatic N) is 2. The molecule has 0 atom stereocenters. The maximum Gasteiger partial charge on any atom is 0.406 e. The number of thiophene rings is 1. The number of carbonyl (C=O) groups is 2. The Hall–Kier alpha value is -2.79. The van der Waals surface area contributed by atoms with Crippen LogP contribution >= 0.6 is 23.1 Å². The van der Waals surface area contributed by atoms with E-state index in [9.17, 15) is 22.8 Å². The van der Waals surface area contributed by atoms with E-state index in [-0.39, 0.29) is 23.1 Å². The number of nitrogens with one attached hydrogen (secondary N) is 1. The SMILES string of the molecule is CCOC(=O)c1ccsc1NC(=O)CSc1ncc(-c2ccccc2)n1CC(F)(F)F. The van der Waals surface area contributed by atoms with Gasteiger partial charge in [-0.3, -0.25) is 4.79 Å². The Morgan fingerprint density at radius 2 is 1.97 bits per heavy atom. The highest BCUT2D eigenvalue weighted by Crippen LogP contribution is 2.30. The van der Waals surface area contributed by atoms with E-state index in [0.29, 0.717) is 16.3 Å². The van der Waals surface area contributed by atoms with Gasteiger partial charge in [0.05, 0.1) is 29.8 Å². The Kier molecular flexibility index (Phi) is 7.39. The summed E-state index contributed by atoms with van der Waals surface area (Å²) in [5.74, 6) is -1.20. The van der Waals surface area contributed by atoms with Crippen LogP contribution in [0.2, 0.25) is 0 Å². The van der Waals surface area contributed by atoms with Crippen LogP contribution in [0.1, 0.15) is 17.3 Å². The van der Waals surface area contributed by atoms with E-state index in [1.165, 1.54) is 12.3 Å². The zero-order chi connectivity index (χ0) is 22.4. The van der Waals surface area contributed by atoms with Gasteiger partial charge in [0.1, 0.15) is 11.5 Å². The summed E-state index contributed by atoms with van der Waals surface area (Å²) in [6.45, 7) is 0.647. The lowest BCUT2D eigenvalue weighted by atomic mass is 10.2. The Balaban J connectivity index is 1.73. The van der Waals surface area contributed by atoms with Crippen LogP contribution in [-0.2, 0) is 16.1 Å². The van der Waals surface area contributed by atoms with Crippen molar-refractivity contribution in [3.05, 3.63) is 53.5 Å². The second-order valence-electron chi connectivity index (χ2n) is 6.21. The van der Waals surface area contributed by atoms with Crippen LogP contribution in [0.25, 0.3) is 11.3 Å². The van der Waals surface area contributed by atoms with Crippen LogP contribution in [0, 0.1) is 0 Å². The number of hydrogen-bond donors (Lipinski definition) is 1. The highest BCUT2D eigenvalue weighted by molar-refractivity contribution is 7.99. The number of imidazole rings is 1. The van der Waals surface area contributed by atoms with E-state index < -0.39 is 24.6 Å². The normalized spacial score (nSPS) is 11.4. The molecule has 0 fully saturated rings. The molecule has 0 radical (unpaired) electrons. The van der Waals surface area contributed by atoms with Crippen molar-refractivity contribution in [3.63, 3.8) is 0 Å². The number of hydrogen-bond acceptors (Lipinski definition) is 6. The molecule has 164 valence electrons. The molecule has 2 heterocycles. The van der Waals surface area contributed by atoms with Gasteiger partial charge in [-0.05, 0) is 23.9 Å². The van der Waals surface area contributed by atoms with Gasteiger partial charge < -0.3 is 14.6 Å². The fourth-order valence-corrected chi connectivity index (χ4v) is 4.28. The third-order valence-electron chi connectivity index (χ3n) is 3.97. The molecular weight excluding hydrogens is 451 g/mol. The lowest BCUT2D eigenvalue weighted by Gasteiger charge is -2.14. The summed E-state index contributed by atoms with van der Waals surface area (Å²) >= 11 is 2.04. The number of esters is 1. The van der Waals surface area contributed by atoms with Gasteiger partial charge >= 0.3 is 12.1 Å². The first-order valence-electron chi connectivity index (χ1n) is 9.13. The van der Waals surface area contributed by atoms with Gasteiger partial charge in [-0.2, -0.15) is 13.2 Å². The molecule has 3 rings (SSSR count). The van der Waals surface area contributed by atoms with Gasteiger partial charge in [0.25, 0.3) is 0 Å². The van der Waals surface area contributed by atoms with Crippen molar-refractivity contribution in [1.29, 1.82) is 0 Å². The summed E-state index contributed by atoms with van der Waals surface area (Å²) in [6.07, 6.45) is -3.09. The molecule has 3 aromatic rings. The molecule has 0 unspecified atom stereocenters. The van der Waals surface area contributed by atoms with Gasteiger partial charge in [0.2, 0.25) is 5.91 Å². The monoisotopic (exact) mass is 469 g/mol. The summed E-state index contributed by atoms with van der Waals surface area (Å²) in [4.78, 5) is 28.4. The van der Waals surface area contributed by atoms with E-state index in [2.05, 4.69) is 10.3 Å². The van der Waals surface area contributed by atoms with E-state index in [0.717, 1.165) is 27.7 Å². The van der Waals surface area contributed by atoms with Crippen molar-refractivity contribution in [3.8, 4) is 11.3 Å². The third-order valence-corrected chi connectivity index (χ3v) is 5.79. The zero-order valence-electron chi connectivity index (χ0n) is 16.3. The van der Waals surface area contributed by atoms with Gasteiger partial charge in [0, 0.05) is 0 Å². The topological polar surface area (TPSA) is 73.2 Å². The van der Waals surface area contributed by atoms with E-state index >= 15 is 0 Å². The maximum absolute atomic E-state index is 13.1. The average molecular weight is 470 g/mol.